The summed E-state index contributed by atoms with van der Waals surface area (Å²) in [6.07, 6.45) is 2.93. The molecule has 1 aromatic heterocycles. The minimum absolute atomic E-state index is 0.241. The van der Waals surface area contributed by atoms with Crippen molar-refractivity contribution in [1.82, 2.24) is 25.7 Å². The summed E-state index contributed by atoms with van der Waals surface area (Å²) in [4.78, 5) is 28.3. The zero-order chi connectivity index (χ0) is 17.8. The number of nitrogens with zero attached hydrogens (tertiary/aromatic N) is 4. The van der Waals surface area contributed by atoms with Gasteiger partial charge in [0.25, 0.3) is 0 Å². The molecule has 2 N–H and O–H groups in total. The van der Waals surface area contributed by atoms with E-state index in [0.29, 0.717) is 0 Å². The Morgan fingerprint density at radius 2 is 1.96 bits per heavy atom. The maximum Gasteiger partial charge on any atom is 0.321 e. The monoisotopic (exact) mass is 346 g/mol. The first-order valence-corrected chi connectivity index (χ1v) is 8.93. The minimum atomic E-state index is -0.384. The standard InChI is InChI=1S/C17H26N6O2/c1-12-4-7-15(21-20-12)23-9-3-8-22(10-11-23)13(2)16(24)19-17(25)18-14-5-6-14/h4,7,13-14H,3,5-6,8-11H2,1-2H3,(H2,18,19,24,25). The molecule has 1 saturated carbocycles. The van der Waals surface area contributed by atoms with E-state index in [1.54, 1.807) is 0 Å². The van der Waals surface area contributed by atoms with Crippen LogP contribution in [0.3, 0.4) is 0 Å². The van der Waals surface area contributed by atoms with Gasteiger partial charge in [0.2, 0.25) is 5.91 Å². The molecule has 1 aromatic rings. The molecule has 0 radical (unpaired) electrons. The van der Waals surface area contributed by atoms with Crippen LogP contribution in [0.15, 0.2) is 12.1 Å². The Hall–Kier alpha value is -2.22. The van der Waals surface area contributed by atoms with Crippen molar-refractivity contribution in [3.63, 3.8) is 0 Å². The molecule has 1 saturated heterocycles. The maximum atomic E-state index is 12.3. The topological polar surface area (TPSA) is 90.5 Å². The summed E-state index contributed by atoms with van der Waals surface area (Å²) in [6, 6.07) is 3.46. The molecule has 2 heterocycles. The van der Waals surface area contributed by atoms with Crippen LogP contribution in [-0.2, 0) is 4.79 Å². The van der Waals surface area contributed by atoms with Crippen LogP contribution in [0, 0.1) is 6.92 Å². The Balaban J connectivity index is 1.51. The first-order valence-electron chi connectivity index (χ1n) is 8.93. The van der Waals surface area contributed by atoms with Crippen LogP contribution < -0.4 is 15.5 Å². The molecule has 1 unspecified atom stereocenters. The van der Waals surface area contributed by atoms with E-state index in [9.17, 15) is 9.59 Å². The van der Waals surface area contributed by atoms with Gasteiger partial charge in [0.05, 0.1) is 11.7 Å². The summed E-state index contributed by atoms with van der Waals surface area (Å²) in [5.74, 6) is 0.620. The lowest BCUT2D eigenvalue weighted by atomic mass is 10.2. The second-order valence-corrected chi connectivity index (χ2v) is 6.82. The van der Waals surface area contributed by atoms with Crippen molar-refractivity contribution in [2.45, 2.75) is 45.2 Å². The molecular weight excluding hydrogens is 320 g/mol. The number of urea groups is 1. The summed E-state index contributed by atoms with van der Waals surface area (Å²) < 4.78 is 0. The number of aryl methyl sites for hydroxylation is 1. The number of carbonyl (C=O) groups excluding carboxylic acids is 2. The van der Waals surface area contributed by atoms with Gasteiger partial charge in [-0.3, -0.25) is 15.0 Å². The Bertz CT molecular complexity index is 616. The third-order valence-corrected chi connectivity index (χ3v) is 4.71. The van der Waals surface area contributed by atoms with Crippen molar-refractivity contribution in [3.05, 3.63) is 17.8 Å². The average molecular weight is 346 g/mol. The van der Waals surface area contributed by atoms with Crippen molar-refractivity contribution in [3.8, 4) is 0 Å². The Morgan fingerprint density at radius 1 is 1.16 bits per heavy atom. The second kappa shape index (κ2) is 7.77. The van der Waals surface area contributed by atoms with Crippen molar-refractivity contribution in [2.75, 3.05) is 31.1 Å². The summed E-state index contributed by atoms with van der Waals surface area (Å²) in [5, 5.41) is 13.6. The lowest BCUT2D eigenvalue weighted by Crippen LogP contribution is -2.50. The third-order valence-electron chi connectivity index (χ3n) is 4.71. The van der Waals surface area contributed by atoms with E-state index < -0.39 is 0 Å². The Labute approximate surface area is 148 Å². The number of carbonyl (C=O) groups is 2. The summed E-state index contributed by atoms with van der Waals surface area (Å²) in [7, 11) is 0. The SMILES string of the molecule is Cc1ccc(N2CCCN(C(C)C(=O)NC(=O)NC3CC3)CC2)nn1. The van der Waals surface area contributed by atoms with Gasteiger partial charge in [-0.1, -0.05) is 0 Å². The van der Waals surface area contributed by atoms with Gasteiger partial charge in [-0.25, -0.2) is 4.79 Å². The number of anilines is 1. The number of hydrogen-bond acceptors (Lipinski definition) is 6. The molecule has 136 valence electrons. The van der Waals surface area contributed by atoms with Gasteiger partial charge in [-0.2, -0.15) is 5.10 Å². The van der Waals surface area contributed by atoms with Crippen molar-refractivity contribution < 1.29 is 9.59 Å². The smallest absolute Gasteiger partial charge is 0.321 e. The predicted molar refractivity (Wildman–Crippen MR) is 94.3 cm³/mol. The van der Waals surface area contributed by atoms with E-state index in [1.807, 2.05) is 26.0 Å². The quantitative estimate of drug-likeness (QED) is 0.833. The van der Waals surface area contributed by atoms with Gasteiger partial charge < -0.3 is 10.2 Å². The molecule has 2 fully saturated rings. The van der Waals surface area contributed by atoms with Gasteiger partial charge >= 0.3 is 6.03 Å². The average Bonchev–Trinajstić information content (AvgIpc) is 3.41. The fourth-order valence-electron chi connectivity index (χ4n) is 2.95. The van der Waals surface area contributed by atoms with E-state index in [0.717, 1.165) is 57.0 Å². The largest absolute Gasteiger partial charge is 0.354 e. The summed E-state index contributed by atoms with van der Waals surface area (Å²) >= 11 is 0. The molecule has 2 aliphatic rings. The fraction of sp³-hybridized carbons (Fsp3) is 0.647. The highest BCUT2D eigenvalue weighted by Crippen LogP contribution is 2.18. The van der Waals surface area contributed by atoms with E-state index in [4.69, 9.17) is 0 Å². The van der Waals surface area contributed by atoms with Crippen LogP contribution in [0.2, 0.25) is 0 Å². The first-order chi connectivity index (χ1) is 12.0. The molecule has 1 aliphatic carbocycles. The number of aromatic nitrogens is 2. The first kappa shape index (κ1) is 17.6. The minimum Gasteiger partial charge on any atom is -0.354 e. The van der Waals surface area contributed by atoms with E-state index >= 15 is 0 Å². The van der Waals surface area contributed by atoms with Crippen LogP contribution in [0.5, 0.6) is 0 Å². The molecule has 0 aromatic carbocycles. The molecule has 1 atom stereocenters. The molecule has 0 spiro atoms. The van der Waals surface area contributed by atoms with Crippen LogP contribution in [0.1, 0.15) is 31.9 Å². The van der Waals surface area contributed by atoms with Crippen molar-refractivity contribution >= 4 is 17.8 Å². The Morgan fingerprint density at radius 3 is 2.64 bits per heavy atom. The number of hydrogen-bond donors (Lipinski definition) is 2. The normalized spacial score (nSPS) is 19.8. The lowest BCUT2D eigenvalue weighted by molar-refractivity contribution is -0.124. The third kappa shape index (κ3) is 4.88. The highest BCUT2D eigenvalue weighted by Gasteiger charge is 2.28. The van der Waals surface area contributed by atoms with Crippen LogP contribution in [-0.4, -0.2) is 65.3 Å². The Kier molecular flexibility index (Phi) is 5.47. The van der Waals surface area contributed by atoms with Crippen LogP contribution in [0.25, 0.3) is 0 Å². The van der Waals surface area contributed by atoms with Crippen molar-refractivity contribution in [2.24, 2.45) is 0 Å². The predicted octanol–water partition coefficient (Wildman–Crippen LogP) is 0.674. The molecule has 1 aliphatic heterocycles. The zero-order valence-corrected chi connectivity index (χ0v) is 14.9. The fourth-order valence-corrected chi connectivity index (χ4v) is 2.95. The molecule has 3 rings (SSSR count). The van der Waals surface area contributed by atoms with E-state index in [1.165, 1.54) is 0 Å². The van der Waals surface area contributed by atoms with Crippen LogP contribution >= 0.6 is 0 Å². The number of imide groups is 1. The van der Waals surface area contributed by atoms with Gasteiger partial charge in [0, 0.05) is 32.2 Å². The number of nitrogens with one attached hydrogen (secondary N) is 2. The number of amides is 3. The van der Waals surface area contributed by atoms with Gasteiger partial charge in [0.1, 0.15) is 0 Å². The molecule has 3 amide bonds. The lowest BCUT2D eigenvalue weighted by Gasteiger charge is -2.26. The van der Waals surface area contributed by atoms with Crippen LogP contribution in [0.4, 0.5) is 10.6 Å². The van der Waals surface area contributed by atoms with Gasteiger partial charge in [0.15, 0.2) is 5.82 Å². The molecule has 25 heavy (non-hydrogen) atoms. The molecular formula is C17H26N6O2. The highest BCUT2D eigenvalue weighted by atomic mass is 16.2. The molecule has 8 heteroatoms. The van der Waals surface area contributed by atoms with E-state index in [-0.39, 0.29) is 24.0 Å². The maximum absolute atomic E-state index is 12.3. The molecule has 0 bridgehead atoms. The van der Waals surface area contributed by atoms with Gasteiger partial charge in [-0.05, 0) is 45.2 Å². The summed E-state index contributed by atoms with van der Waals surface area (Å²) in [5.41, 5.74) is 0.898. The highest BCUT2D eigenvalue weighted by molar-refractivity contribution is 5.97. The number of rotatable bonds is 4. The second-order valence-electron chi connectivity index (χ2n) is 6.82. The zero-order valence-electron chi connectivity index (χ0n) is 14.9. The summed E-state index contributed by atoms with van der Waals surface area (Å²) in [6.45, 7) is 6.99. The molecule has 8 nitrogen and oxygen atoms in total. The van der Waals surface area contributed by atoms with Gasteiger partial charge in [-0.15, -0.1) is 5.10 Å². The van der Waals surface area contributed by atoms with Crippen molar-refractivity contribution in [1.29, 1.82) is 0 Å². The van der Waals surface area contributed by atoms with E-state index in [2.05, 4.69) is 30.6 Å².